The van der Waals surface area contributed by atoms with Crippen LogP contribution in [0.5, 0.6) is 0 Å². The summed E-state index contributed by atoms with van der Waals surface area (Å²) in [5.74, 6) is 1.65. The summed E-state index contributed by atoms with van der Waals surface area (Å²) in [7, 11) is 4.57. The number of unbranched alkanes of at least 4 members (excludes halogenated alkanes) is 1. The molecular weight excluding hydrogens is 616 g/mol. The first-order chi connectivity index (χ1) is 22.0. The number of allylic oxidation sites excluding steroid dienone is 2. The van der Waals surface area contributed by atoms with Crippen LogP contribution in [0.3, 0.4) is 0 Å². The molecule has 46 heavy (non-hydrogen) atoms. The smallest absolute Gasteiger partial charge is 0.199 e. The number of guanidine groups is 1. The Morgan fingerprint density at radius 2 is 1.96 bits per heavy atom. The van der Waals surface area contributed by atoms with E-state index in [0.29, 0.717) is 35.1 Å². The highest BCUT2D eigenvalue weighted by molar-refractivity contribution is 7.23. The summed E-state index contributed by atoms with van der Waals surface area (Å²) < 4.78 is 26.4. The minimum atomic E-state index is -0.429. The molecule has 1 aromatic heterocycles. The summed E-state index contributed by atoms with van der Waals surface area (Å²) in [4.78, 5) is 7.63. The third-order valence-corrected chi connectivity index (χ3v) is 10.3. The van der Waals surface area contributed by atoms with Crippen molar-refractivity contribution in [3.8, 4) is 6.07 Å². The second-order valence-electron chi connectivity index (χ2n) is 12.5. The molecule has 252 valence electrons. The number of nitrogens with two attached hydrogens (primary N) is 1. The largest absolute Gasteiger partial charge is 0.389 e. The van der Waals surface area contributed by atoms with Crippen molar-refractivity contribution in [3.63, 3.8) is 0 Å². The summed E-state index contributed by atoms with van der Waals surface area (Å²) >= 11 is 1.07. The fraction of sp³-hybridized carbons (Fsp3) is 0.556. The molecule has 1 aliphatic carbocycles. The quantitative estimate of drug-likeness (QED) is 0.283. The maximum Gasteiger partial charge on any atom is 0.199 e. The zero-order chi connectivity index (χ0) is 34.1. The zero-order valence-electron chi connectivity index (χ0n) is 28.9. The number of aliphatic imine (C=N–C) groups is 1. The van der Waals surface area contributed by atoms with Gasteiger partial charge in [0.2, 0.25) is 0 Å². The second kappa shape index (κ2) is 17.4. The van der Waals surface area contributed by atoms with E-state index < -0.39 is 5.83 Å². The molecule has 4 atom stereocenters. The Hall–Kier alpha value is -2.76. The highest BCUT2D eigenvalue weighted by Gasteiger charge is 2.40. The highest BCUT2D eigenvalue weighted by atomic mass is 32.1. The molecule has 7 nitrogen and oxygen atoms in total. The maximum atomic E-state index is 14.9. The first-order valence-electron chi connectivity index (χ1n) is 16.5. The van der Waals surface area contributed by atoms with E-state index in [1.54, 1.807) is 14.0 Å². The van der Waals surface area contributed by atoms with Gasteiger partial charge in [0.25, 0.3) is 0 Å². The van der Waals surface area contributed by atoms with Gasteiger partial charge in [0.15, 0.2) is 5.96 Å². The molecule has 1 saturated heterocycles. The number of likely N-dealkylation sites (tertiary alicyclic amines) is 1. The molecule has 5 rings (SSSR count). The molecule has 0 aromatic carbocycles. The molecule has 3 aliphatic heterocycles. The van der Waals surface area contributed by atoms with Crippen molar-refractivity contribution in [2.24, 2.45) is 16.8 Å². The van der Waals surface area contributed by atoms with Crippen molar-refractivity contribution in [2.75, 3.05) is 39.1 Å². The van der Waals surface area contributed by atoms with Crippen molar-refractivity contribution in [2.45, 2.75) is 86.3 Å². The van der Waals surface area contributed by atoms with Gasteiger partial charge < -0.3 is 25.4 Å². The number of fused-ring (bicyclic) bond motifs is 2. The SMILES string of the molecule is C=C(C1=C(P)C2N=C(N3CC(C)C(OC)C3)NC=C2C2=C1COC2)c1c(/C(F)=C\C)sc(N)c1C#N.CCCC.CCCC(C)C. The standard InChI is InChI=1S/C26H29FN5O2PS.C6H14.C4H10/c1-5-18(27)24-21(14(6-28)25(29)36-24)13(3)20-17-11-34-10-16(17)15-7-30-26(31-22(15)23(20)35)32-8-12(2)19(9-32)33-4;1-4-5-6(2)3;1-3-4-2/h5,7,12,19,22H,3,8-11,29,35H2,1-2,4H3,(H,30,31);6H,4-5H2,1-3H3;3-4H2,1-2H3/b18-5+;;. The lowest BCUT2D eigenvalue weighted by atomic mass is 9.80. The van der Waals surface area contributed by atoms with Crippen LogP contribution in [0.15, 0.2) is 51.5 Å². The second-order valence-corrected chi connectivity index (χ2v) is 14.2. The molecule has 1 aromatic rings. The normalized spacial score (nSPS) is 22.2. The van der Waals surface area contributed by atoms with Gasteiger partial charge in [-0.25, -0.2) is 9.38 Å². The molecule has 0 saturated carbocycles. The molecule has 4 aliphatic rings. The predicted octanol–water partition coefficient (Wildman–Crippen LogP) is 8.44. The minimum Gasteiger partial charge on any atom is -0.389 e. The molecule has 4 heterocycles. The Kier molecular flexibility index (Phi) is 14.3. The number of rotatable bonds is 7. The van der Waals surface area contributed by atoms with Gasteiger partial charge in [-0.15, -0.1) is 20.6 Å². The van der Waals surface area contributed by atoms with Crippen LogP contribution in [0.2, 0.25) is 0 Å². The Morgan fingerprint density at radius 1 is 1.28 bits per heavy atom. The molecule has 0 spiro atoms. The van der Waals surface area contributed by atoms with E-state index in [-0.39, 0.29) is 22.7 Å². The van der Waals surface area contributed by atoms with Gasteiger partial charge in [0.05, 0.1) is 29.8 Å². The number of hydrogen-bond donors (Lipinski definition) is 2. The van der Waals surface area contributed by atoms with Crippen LogP contribution in [0.4, 0.5) is 9.39 Å². The topological polar surface area (TPSA) is 95.9 Å². The number of nitrogens with zero attached hydrogens (tertiary/aromatic N) is 3. The lowest BCUT2D eigenvalue weighted by Gasteiger charge is -2.34. The monoisotopic (exact) mass is 669 g/mol. The number of nitrogens with one attached hydrogen (secondary N) is 1. The van der Waals surface area contributed by atoms with Gasteiger partial charge in [-0.3, -0.25) is 0 Å². The number of halogens is 1. The first-order valence-corrected chi connectivity index (χ1v) is 17.8. The third kappa shape index (κ3) is 8.20. The average Bonchev–Trinajstić information content (AvgIpc) is 3.77. The van der Waals surface area contributed by atoms with E-state index in [9.17, 15) is 9.65 Å². The van der Waals surface area contributed by atoms with Gasteiger partial charge in [-0.05, 0) is 40.4 Å². The number of anilines is 1. The first kappa shape index (κ1) is 37.7. The van der Waals surface area contributed by atoms with Crippen LogP contribution in [-0.2, 0) is 9.47 Å². The van der Waals surface area contributed by atoms with Crippen LogP contribution in [-0.4, -0.2) is 56.4 Å². The maximum absolute atomic E-state index is 14.9. The predicted molar refractivity (Wildman–Crippen MR) is 196 cm³/mol. The number of thiophene rings is 1. The Morgan fingerprint density at radius 3 is 2.48 bits per heavy atom. The van der Waals surface area contributed by atoms with Crippen molar-refractivity contribution < 1.29 is 13.9 Å². The average molecular weight is 670 g/mol. The summed E-state index contributed by atoms with van der Waals surface area (Å²) in [6, 6.07) is 1.89. The van der Waals surface area contributed by atoms with E-state index in [2.05, 4.69) is 73.6 Å². The molecule has 0 amide bonds. The fourth-order valence-corrected chi connectivity index (χ4v) is 7.57. The highest BCUT2D eigenvalue weighted by Crippen LogP contribution is 2.50. The van der Waals surface area contributed by atoms with E-state index in [0.717, 1.165) is 63.9 Å². The van der Waals surface area contributed by atoms with E-state index in [1.165, 1.54) is 31.8 Å². The van der Waals surface area contributed by atoms with Crippen molar-refractivity contribution in [1.29, 1.82) is 5.26 Å². The Labute approximate surface area is 282 Å². The Bertz CT molecular complexity index is 1460. The van der Waals surface area contributed by atoms with Crippen LogP contribution in [0.1, 0.15) is 90.2 Å². The molecular formula is C36H53FN5O2PS. The summed E-state index contributed by atoms with van der Waals surface area (Å²) in [5.41, 5.74) is 11.3. The lowest BCUT2D eigenvalue weighted by molar-refractivity contribution is 0.0865. The van der Waals surface area contributed by atoms with Gasteiger partial charge in [0.1, 0.15) is 22.9 Å². The van der Waals surface area contributed by atoms with Crippen molar-refractivity contribution >= 4 is 42.9 Å². The number of nitriles is 1. The number of hydrogen-bond acceptors (Lipinski definition) is 8. The number of ether oxygens (including phenoxy) is 2. The molecule has 4 unspecified atom stereocenters. The molecule has 0 radical (unpaired) electrons. The number of methoxy groups -OCH3 is 1. The van der Waals surface area contributed by atoms with Crippen molar-refractivity contribution in [3.05, 3.63) is 62.5 Å². The van der Waals surface area contributed by atoms with Crippen LogP contribution in [0.25, 0.3) is 11.4 Å². The van der Waals surface area contributed by atoms with Crippen LogP contribution < -0.4 is 11.1 Å². The molecule has 0 bridgehead atoms. The van der Waals surface area contributed by atoms with Gasteiger partial charge >= 0.3 is 0 Å². The minimum absolute atomic E-state index is 0.151. The summed E-state index contributed by atoms with van der Waals surface area (Å²) in [6.07, 6.45) is 8.88. The van der Waals surface area contributed by atoms with E-state index >= 15 is 0 Å². The zero-order valence-corrected chi connectivity index (χ0v) is 30.9. The van der Waals surface area contributed by atoms with Gasteiger partial charge in [0, 0.05) is 43.5 Å². The van der Waals surface area contributed by atoms with Gasteiger partial charge in [-0.2, -0.15) is 5.26 Å². The van der Waals surface area contributed by atoms with Crippen LogP contribution in [0, 0.1) is 23.2 Å². The van der Waals surface area contributed by atoms with Gasteiger partial charge in [-0.1, -0.05) is 79.9 Å². The summed E-state index contributed by atoms with van der Waals surface area (Å²) in [5, 5.41) is 14.4. The van der Waals surface area contributed by atoms with E-state index in [1.807, 2.05) is 6.20 Å². The Balaban J connectivity index is 0.000000504. The summed E-state index contributed by atoms with van der Waals surface area (Å²) in [6.45, 7) is 21.7. The number of nitrogen functional groups attached to an aromatic ring is 1. The fourth-order valence-electron chi connectivity index (χ4n) is 5.96. The third-order valence-electron chi connectivity index (χ3n) is 8.63. The molecule has 1 fully saturated rings. The van der Waals surface area contributed by atoms with E-state index in [4.69, 9.17) is 20.2 Å². The molecule has 10 heteroatoms. The van der Waals surface area contributed by atoms with Crippen molar-refractivity contribution in [1.82, 2.24) is 10.2 Å². The lowest BCUT2D eigenvalue weighted by Crippen LogP contribution is -2.43. The molecule has 3 N–H and O–H groups in total. The van der Waals surface area contributed by atoms with Crippen LogP contribution >= 0.6 is 20.6 Å².